The van der Waals surface area contributed by atoms with Crippen molar-refractivity contribution in [2.45, 2.75) is 6.42 Å². The summed E-state index contributed by atoms with van der Waals surface area (Å²) in [5, 5.41) is 9.24. The van der Waals surface area contributed by atoms with Gasteiger partial charge >= 0.3 is 0 Å². The number of aromatic nitrogens is 2. The van der Waals surface area contributed by atoms with Gasteiger partial charge in [-0.15, -0.1) is 0 Å². The van der Waals surface area contributed by atoms with E-state index in [1.165, 1.54) is 6.07 Å². The fourth-order valence-corrected chi connectivity index (χ4v) is 1.40. The van der Waals surface area contributed by atoms with E-state index in [0.29, 0.717) is 12.1 Å². The Morgan fingerprint density at radius 2 is 1.87 bits per heavy atom. The highest BCUT2D eigenvalue weighted by Gasteiger charge is 2.01. The number of hydrogen-bond acceptors (Lipinski definition) is 4. The van der Waals surface area contributed by atoms with Crippen LogP contribution in [0.5, 0.6) is 5.88 Å². The van der Waals surface area contributed by atoms with Crippen LogP contribution < -0.4 is 5.73 Å². The van der Waals surface area contributed by atoms with E-state index >= 15 is 0 Å². The first-order valence-corrected chi connectivity index (χ1v) is 4.60. The molecule has 0 spiro atoms. The highest BCUT2D eigenvalue weighted by atomic mass is 16.3. The molecule has 1 aromatic heterocycles. The minimum Gasteiger partial charge on any atom is -0.493 e. The van der Waals surface area contributed by atoms with Gasteiger partial charge in [0.15, 0.2) is 0 Å². The predicted molar refractivity (Wildman–Crippen MR) is 57.4 cm³/mol. The molecule has 0 aliphatic carbocycles. The molecular weight excluding hydrogens is 190 g/mol. The fraction of sp³-hybridized carbons (Fsp3) is 0.0909. The Kier molecular flexibility index (Phi) is 2.49. The SMILES string of the molecule is Nc1nc(O)cc(Cc2ccccc2)n1. The molecule has 2 rings (SSSR count). The second-order valence-corrected chi connectivity index (χ2v) is 3.24. The summed E-state index contributed by atoms with van der Waals surface area (Å²) in [6.45, 7) is 0. The van der Waals surface area contributed by atoms with Gasteiger partial charge in [0.25, 0.3) is 0 Å². The number of nitrogens with two attached hydrogens (primary N) is 1. The van der Waals surface area contributed by atoms with Crippen LogP contribution in [0, 0.1) is 0 Å². The maximum absolute atomic E-state index is 9.24. The number of hydrogen-bond donors (Lipinski definition) is 2. The zero-order valence-electron chi connectivity index (χ0n) is 8.09. The van der Waals surface area contributed by atoms with Crippen molar-refractivity contribution in [1.82, 2.24) is 9.97 Å². The zero-order valence-corrected chi connectivity index (χ0v) is 8.09. The molecule has 0 radical (unpaired) electrons. The molecular formula is C11H11N3O. The molecule has 3 N–H and O–H groups in total. The number of rotatable bonds is 2. The third-order valence-electron chi connectivity index (χ3n) is 2.01. The summed E-state index contributed by atoms with van der Waals surface area (Å²) >= 11 is 0. The van der Waals surface area contributed by atoms with Crippen molar-refractivity contribution in [2.24, 2.45) is 0 Å². The van der Waals surface area contributed by atoms with Gasteiger partial charge in [-0.3, -0.25) is 0 Å². The number of aromatic hydroxyl groups is 1. The van der Waals surface area contributed by atoms with E-state index in [-0.39, 0.29) is 11.8 Å². The summed E-state index contributed by atoms with van der Waals surface area (Å²) in [5.74, 6) is 0.00867. The Morgan fingerprint density at radius 3 is 2.53 bits per heavy atom. The van der Waals surface area contributed by atoms with Crippen LogP contribution in [0.2, 0.25) is 0 Å². The lowest BCUT2D eigenvalue weighted by Gasteiger charge is -2.02. The molecule has 0 atom stereocenters. The van der Waals surface area contributed by atoms with E-state index in [2.05, 4.69) is 9.97 Å². The molecule has 0 bridgehead atoms. The smallest absolute Gasteiger partial charge is 0.223 e. The van der Waals surface area contributed by atoms with Crippen molar-refractivity contribution in [3.63, 3.8) is 0 Å². The standard InChI is InChI=1S/C11H11N3O/c12-11-13-9(7-10(15)14-11)6-8-4-2-1-3-5-8/h1-5,7H,6H2,(H3,12,13,14,15). The topological polar surface area (TPSA) is 72.0 Å². The first kappa shape index (κ1) is 9.45. The average Bonchev–Trinajstić information content (AvgIpc) is 2.17. The van der Waals surface area contributed by atoms with Crippen molar-refractivity contribution in [1.29, 1.82) is 0 Å². The van der Waals surface area contributed by atoms with Crippen LogP contribution in [-0.4, -0.2) is 15.1 Å². The summed E-state index contributed by atoms with van der Waals surface area (Å²) in [5.41, 5.74) is 7.27. The van der Waals surface area contributed by atoms with Crippen LogP contribution >= 0.6 is 0 Å². The Hall–Kier alpha value is -2.10. The highest BCUT2D eigenvalue weighted by molar-refractivity contribution is 5.29. The highest BCUT2D eigenvalue weighted by Crippen LogP contribution is 2.12. The van der Waals surface area contributed by atoms with Crippen LogP contribution in [-0.2, 0) is 6.42 Å². The Morgan fingerprint density at radius 1 is 1.13 bits per heavy atom. The normalized spacial score (nSPS) is 10.1. The molecule has 76 valence electrons. The lowest BCUT2D eigenvalue weighted by atomic mass is 10.1. The first-order valence-electron chi connectivity index (χ1n) is 4.60. The van der Waals surface area contributed by atoms with Gasteiger partial charge < -0.3 is 10.8 Å². The molecule has 4 nitrogen and oxygen atoms in total. The minimum absolute atomic E-state index is 0.0894. The van der Waals surface area contributed by atoms with Gasteiger partial charge in [-0.05, 0) is 5.56 Å². The third-order valence-corrected chi connectivity index (χ3v) is 2.01. The Labute approximate surface area is 87.4 Å². The monoisotopic (exact) mass is 201 g/mol. The lowest BCUT2D eigenvalue weighted by Crippen LogP contribution is -1.99. The molecule has 0 unspecified atom stereocenters. The zero-order chi connectivity index (χ0) is 10.7. The van der Waals surface area contributed by atoms with Gasteiger partial charge in [0.1, 0.15) is 0 Å². The maximum atomic E-state index is 9.24. The van der Waals surface area contributed by atoms with Crippen molar-refractivity contribution in [3.05, 3.63) is 47.7 Å². The van der Waals surface area contributed by atoms with E-state index in [0.717, 1.165) is 5.56 Å². The first-order chi connectivity index (χ1) is 7.24. The van der Waals surface area contributed by atoms with Crippen molar-refractivity contribution in [2.75, 3.05) is 5.73 Å². The van der Waals surface area contributed by atoms with Gasteiger partial charge in [-0.2, -0.15) is 4.98 Å². The minimum atomic E-state index is -0.0894. The molecule has 1 heterocycles. The van der Waals surface area contributed by atoms with Gasteiger partial charge in [-0.25, -0.2) is 4.98 Å². The van der Waals surface area contributed by atoms with Crippen molar-refractivity contribution < 1.29 is 5.11 Å². The fourth-order valence-electron chi connectivity index (χ4n) is 1.40. The summed E-state index contributed by atoms with van der Waals surface area (Å²) in [7, 11) is 0. The molecule has 0 saturated carbocycles. The average molecular weight is 201 g/mol. The van der Waals surface area contributed by atoms with E-state index in [1.54, 1.807) is 0 Å². The number of benzene rings is 1. The second-order valence-electron chi connectivity index (χ2n) is 3.24. The molecule has 0 fully saturated rings. The van der Waals surface area contributed by atoms with Gasteiger partial charge in [0, 0.05) is 12.5 Å². The molecule has 0 saturated heterocycles. The predicted octanol–water partition coefficient (Wildman–Crippen LogP) is 1.36. The summed E-state index contributed by atoms with van der Waals surface area (Å²) in [6.07, 6.45) is 0.640. The molecule has 1 aromatic carbocycles. The number of nitrogens with zero attached hydrogens (tertiary/aromatic N) is 2. The van der Waals surface area contributed by atoms with Gasteiger partial charge in [0.05, 0.1) is 5.69 Å². The van der Waals surface area contributed by atoms with Crippen LogP contribution in [0.4, 0.5) is 5.95 Å². The second kappa shape index (κ2) is 3.96. The Bertz CT molecular complexity index is 436. The van der Waals surface area contributed by atoms with E-state index in [4.69, 9.17) is 5.73 Å². The van der Waals surface area contributed by atoms with Crippen molar-refractivity contribution >= 4 is 5.95 Å². The number of nitrogen functional groups attached to an aromatic ring is 1. The van der Waals surface area contributed by atoms with Gasteiger partial charge in [-0.1, -0.05) is 30.3 Å². The summed E-state index contributed by atoms with van der Waals surface area (Å²) in [4.78, 5) is 7.63. The van der Waals surface area contributed by atoms with Crippen LogP contribution in [0.15, 0.2) is 36.4 Å². The van der Waals surface area contributed by atoms with E-state index < -0.39 is 0 Å². The molecule has 2 aromatic rings. The molecule has 0 aliphatic rings. The maximum Gasteiger partial charge on any atom is 0.223 e. The van der Waals surface area contributed by atoms with Gasteiger partial charge in [0.2, 0.25) is 11.8 Å². The molecule has 15 heavy (non-hydrogen) atoms. The quantitative estimate of drug-likeness (QED) is 0.769. The van der Waals surface area contributed by atoms with Crippen LogP contribution in [0.1, 0.15) is 11.3 Å². The Balaban J connectivity index is 2.25. The van der Waals surface area contributed by atoms with Crippen molar-refractivity contribution in [3.8, 4) is 5.88 Å². The molecule has 0 aliphatic heterocycles. The largest absolute Gasteiger partial charge is 0.493 e. The summed E-state index contributed by atoms with van der Waals surface area (Å²) in [6, 6.07) is 11.4. The lowest BCUT2D eigenvalue weighted by molar-refractivity contribution is 0.452. The third kappa shape index (κ3) is 2.43. The summed E-state index contributed by atoms with van der Waals surface area (Å²) < 4.78 is 0. The van der Waals surface area contributed by atoms with E-state index in [9.17, 15) is 5.11 Å². The molecule has 4 heteroatoms. The number of anilines is 1. The van der Waals surface area contributed by atoms with E-state index in [1.807, 2.05) is 30.3 Å². The van der Waals surface area contributed by atoms with Crippen LogP contribution in [0.25, 0.3) is 0 Å². The molecule has 0 amide bonds. The van der Waals surface area contributed by atoms with Crippen LogP contribution in [0.3, 0.4) is 0 Å².